The number of nitrogens with zero attached hydrogens (tertiary/aromatic N) is 2. The van der Waals surface area contributed by atoms with Crippen LogP contribution in [0.1, 0.15) is 0 Å². The first kappa shape index (κ1) is 11.5. The zero-order chi connectivity index (χ0) is 13.1. The Morgan fingerprint density at radius 3 is 2.68 bits per heavy atom. The highest BCUT2D eigenvalue weighted by Gasteiger charge is 2.05. The summed E-state index contributed by atoms with van der Waals surface area (Å²) in [6.45, 7) is 0. The molecule has 0 atom stereocenters. The topological polar surface area (TPSA) is 40.8 Å². The minimum Gasteiger partial charge on any atom is -0.256 e. The number of aryl methyl sites for hydroxylation is 1. The Hall–Kier alpha value is -2.62. The maximum atomic E-state index is 4.34. The number of pyridine rings is 2. The van der Waals surface area contributed by atoms with Crippen LogP contribution in [0.3, 0.4) is 0 Å². The third kappa shape index (κ3) is 2.33. The summed E-state index contributed by atoms with van der Waals surface area (Å²) in [5, 5.41) is 1.09. The molecule has 0 bridgehead atoms. The predicted molar refractivity (Wildman–Crippen MR) is 76.6 cm³/mol. The first-order chi connectivity index (χ1) is 9.34. The minimum atomic E-state index is 0.978. The molecule has 4 heteroatoms. The molecular weight excluding hydrogens is 236 g/mol. The molecule has 0 amide bonds. The molecule has 0 aliphatic carbocycles. The van der Waals surface area contributed by atoms with Crippen LogP contribution in [0.2, 0.25) is 0 Å². The molecule has 0 aliphatic heterocycles. The van der Waals surface area contributed by atoms with Gasteiger partial charge < -0.3 is 0 Å². The van der Waals surface area contributed by atoms with Crippen LogP contribution in [0.4, 0.5) is 11.5 Å². The van der Waals surface area contributed by atoms with Gasteiger partial charge in [0.05, 0.1) is 24.4 Å². The number of aromatic nitrogens is 2. The lowest BCUT2D eigenvalue weighted by atomic mass is 10.2. The molecule has 19 heavy (non-hydrogen) atoms. The molecule has 0 fully saturated rings. The summed E-state index contributed by atoms with van der Waals surface area (Å²) in [7, 11) is 1.99. The van der Waals surface area contributed by atoms with Crippen molar-refractivity contribution in [2.75, 3.05) is 10.9 Å². The molecule has 3 aromatic rings. The first-order valence-corrected chi connectivity index (χ1v) is 6.15. The summed E-state index contributed by atoms with van der Waals surface area (Å²) in [6.07, 6.45) is 3.80. The van der Waals surface area contributed by atoms with E-state index in [9.17, 15) is 0 Å². The Balaban J connectivity index is 1.88. The van der Waals surface area contributed by atoms with Gasteiger partial charge in [-0.15, -0.1) is 0 Å². The number of hydrazine groups is 1. The highest BCUT2D eigenvalue weighted by molar-refractivity contribution is 5.91. The van der Waals surface area contributed by atoms with Gasteiger partial charge in [-0.25, -0.2) is 9.99 Å². The lowest BCUT2D eigenvalue weighted by molar-refractivity contribution is -0.657. The van der Waals surface area contributed by atoms with Gasteiger partial charge in [-0.2, -0.15) is 5.43 Å². The summed E-state index contributed by atoms with van der Waals surface area (Å²) in [4.78, 5) is 4.34. The largest absolute Gasteiger partial charge is 0.297 e. The second-order valence-electron chi connectivity index (χ2n) is 4.32. The predicted octanol–water partition coefficient (Wildman–Crippen LogP) is 2.50. The van der Waals surface area contributed by atoms with Gasteiger partial charge in [0, 0.05) is 17.6 Å². The van der Waals surface area contributed by atoms with Crippen LogP contribution in [-0.4, -0.2) is 4.98 Å². The Kier molecular flexibility index (Phi) is 2.98. The van der Waals surface area contributed by atoms with Crippen LogP contribution in [0.15, 0.2) is 60.9 Å². The van der Waals surface area contributed by atoms with Crippen molar-refractivity contribution in [3.8, 4) is 0 Å². The standard InChI is InChI=1S/C15H14N4/c1-19-11-5-4-8-15(19)18-17-14-9-10-16-13-7-3-2-6-12(13)14/h2-11H,1H3,(H,16,17)/p+1. The minimum absolute atomic E-state index is 0.978. The van der Waals surface area contributed by atoms with Crippen LogP contribution in [0, 0.1) is 0 Å². The number of hydrogen-bond acceptors (Lipinski definition) is 3. The summed E-state index contributed by atoms with van der Waals surface area (Å²) in [5.41, 5.74) is 8.43. The van der Waals surface area contributed by atoms with Crippen molar-refractivity contribution < 1.29 is 4.57 Å². The number of benzene rings is 1. The second kappa shape index (κ2) is 4.94. The summed E-state index contributed by atoms with van der Waals surface area (Å²) < 4.78 is 2.01. The number of hydrogen-bond donors (Lipinski definition) is 2. The first-order valence-electron chi connectivity index (χ1n) is 6.15. The van der Waals surface area contributed by atoms with Crippen molar-refractivity contribution in [1.29, 1.82) is 0 Å². The van der Waals surface area contributed by atoms with Crippen molar-refractivity contribution in [3.63, 3.8) is 0 Å². The number of para-hydroxylation sites is 1. The molecule has 1 aromatic carbocycles. The van der Waals surface area contributed by atoms with Crippen LogP contribution in [-0.2, 0) is 7.05 Å². The van der Waals surface area contributed by atoms with Crippen LogP contribution >= 0.6 is 0 Å². The van der Waals surface area contributed by atoms with Crippen molar-refractivity contribution in [1.82, 2.24) is 4.98 Å². The van der Waals surface area contributed by atoms with E-state index in [2.05, 4.69) is 21.9 Å². The molecular formula is C15H15N4+. The zero-order valence-corrected chi connectivity index (χ0v) is 10.7. The van der Waals surface area contributed by atoms with E-state index in [1.165, 1.54) is 0 Å². The van der Waals surface area contributed by atoms with Gasteiger partial charge in [-0.1, -0.05) is 24.3 Å². The van der Waals surface area contributed by atoms with Gasteiger partial charge >= 0.3 is 0 Å². The summed E-state index contributed by atoms with van der Waals surface area (Å²) in [6, 6.07) is 16.0. The number of rotatable bonds is 3. The number of nitrogens with one attached hydrogen (secondary N) is 2. The van der Waals surface area contributed by atoms with Crippen molar-refractivity contribution in [3.05, 3.63) is 60.9 Å². The second-order valence-corrected chi connectivity index (χ2v) is 4.32. The fourth-order valence-corrected chi connectivity index (χ4v) is 1.99. The van der Waals surface area contributed by atoms with Crippen LogP contribution < -0.4 is 15.4 Å². The summed E-state index contributed by atoms with van der Waals surface area (Å²) >= 11 is 0. The summed E-state index contributed by atoms with van der Waals surface area (Å²) in [5.74, 6) is 0.989. The third-order valence-electron chi connectivity index (χ3n) is 3.03. The average Bonchev–Trinajstić information content (AvgIpc) is 2.46. The van der Waals surface area contributed by atoms with E-state index in [-0.39, 0.29) is 0 Å². The van der Waals surface area contributed by atoms with Gasteiger partial charge in [0.2, 0.25) is 0 Å². The van der Waals surface area contributed by atoms with Gasteiger partial charge in [-0.3, -0.25) is 4.98 Å². The highest BCUT2D eigenvalue weighted by atomic mass is 15.4. The highest BCUT2D eigenvalue weighted by Crippen LogP contribution is 2.20. The van der Waals surface area contributed by atoms with E-state index in [1.807, 2.05) is 60.3 Å². The molecule has 2 aromatic heterocycles. The van der Waals surface area contributed by atoms with E-state index in [1.54, 1.807) is 6.20 Å². The van der Waals surface area contributed by atoms with Crippen LogP contribution in [0.5, 0.6) is 0 Å². The molecule has 2 heterocycles. The normalized spacial score (nSPS) is 10.4. The monoisotopic (exact) mass is 251 g/mol. The van der Waals surface area contributed by atoms with Gasteiger partial charge in [0.25, 0.3) is 5.82 Å². The molecule has 94 valence electrons. The maximum Gasteiger partial charge on any atom is 0.297 e. The number of anilines is 2. The van der Waals surface area contributed by atoms with Crippen LogP contribution in [0.25, 0.3) is 10.9 Å². The number of fused-ring (bicyclic) bond motifs is 1. The lowest BCUT2D eigenvalue weighted by Crippen LogP contribution is -2.33. The van der Waals surface area contributed by atoms with E-state index in [0.29, 0.717) is 0 Å². The Morgan fingerprint density at radius 1 is 0.947 bits per heavy atom. The Bertz CT molecular complexity index is 704. The van der Waals surface area contributed by atoms with E-state index in [4.69, 9.17) is 0 Å². The molecule has 4 nitrogen and oxygen atoms in total. The van der Waals surface area contributed by atoms with Gasteiger partial charge in [-0.05, 0) is 18.2 Å². The maximum absolute atomic E-state index is 4.34. The molecule has 0 aliphatic rings. The van der Waals surface area contributed by atoms with Crippen molar-refractivity contribution in [2.45, 2.75) is 0 Å². The van der Waals surface area contributed by atoms with Gasteiger partial charge in [0.15, 0.2) is 0 Å². The lowest BCUT2D eigenvalue weighted by Gasteiger charge is -2.07. The molecule has 3 rings (SSSR count). The SMILES string of the molecule is C[n+]1ccccc1NNc1ccnc2ccccc12. The van der Waals surface area contributed by atoms with Crippen molar-refractivity contribution in [2.24, 2.45) is 7.05 Å². The third-order valence-corrected chi connectivity index (χ3v) is 3.03. The smallest absolute Gasteiger partial charge is 0.256 e. The fourth-order valence-electron chi connectivity index (χ4n) is 1.99. The van der Waals surface area contributed by atoms with Crippen molar-refractivity contribution >= 4 is 22.4 Å². The Labute approximate surface area is 111 Å². The molecule has 0 saturated heterocycles. The van der Waals surface area contributed by atoms with Gasteiger partial charge in [0.1, 0.15) is 0 Å². The Morgan fingerprint density at radius 2 is 1.79 bits per heavy atom. The quantitative estimate of drug-likeness (QED) is 0.555. The van der Waals surface area contributed by atoms with E-state index < -0.39 is 0 Å². The molecule has 0 saturated carbocycles. The molecule has 0 radical (unpaired) electrons. The van der Waals surface area contributed by atoms with E-state index >= 15 is 0 Å². The molecule has 0 spiro atoms. The molecule has 2 N–H and O–H groups in total. The zero-order valence-electron chi connectivity index (χ0n) is 10.7. The fraction of sp³-hybridized carbons (Fsp3) is 0.0667. The molecule has 0 unspecified atom stereocenters. The van der Waals surface area contributed by atoms with E-state index in [0.717, 1.165) is 22.4 Å². The average molecular weight is 251 g/mol.